The number of rotatable bonds is 6. The van der Waals surface area contributed by atoms with Gasteiger partial charge in [-0.15, -0.1) is 0 Å². The Labute approximate surface area is 197 Å². The van der Waals surface area contributed by atoms with Gasteiger partial charge in [0.15, 0.2) is 5.75 Å². The summed E-state index contributed by atoms with van der Waals surface area (Å²) in [6.07, 6.45) is 0.984. The molecule has 0 spiro atoms. The maximum atomic E-state index is 13.3. The minimum absolute atomic E-state index is 0.0103. The Morgan fingerprint density at radius 1 is 0.971 bits per heavy atom. The van der Waals surface area contributed by atoms with Crippen molar-refractivity contribution < 1.29 is 19.1 Å². The average Bonchev–Trinajstić information content (AvgIpc) is 3.16. The van der Waals surface area contributed by atoms with Crippen LogP contribution in [0.2, 0.25) is 0 Å². The van der Waals surface area contributed by atoms with Gasteiger partial charge in [0.2, 0.25) is 11.8 Å². The zero-order chi connectivity index (χ0) is 23.7. The van der Waals surface area contributed by atoms with Crippen LogP contribution in [0.5, 0.6) is 11.5 Å². The fraction of sp³-hybridized carbons (Fsp3) is 0.222. The van der Waals surface area contributed by atoms with Crippen LogP contribution in [0.1, 0.15) is 36.5 Å². The van der Waals surface area contributed by atoms with E-state index >= 15 is 0 Å². The maximum absolute atomic E-state index is 13.3. The van der Waals surface area contributed by atoms with Crippen molar-refractivity contribution in [2.75, 3.05) is 16.8 Å². The molecule has 2 aliphatic rings. The molecule has 1 fully saturated rings. The molecule has 3 amide bonds. The van der Waals surface area contributed by atoms with Gasteiger partial charge in [-0.3, -0.25) is 19.3 Å². The number of nitrogens with zero attached hydrogens (tertiary/aromatic N) is 2. The topological polar surface area (TPSA) is 79.0 Å². The monoisotopic (exact) mass is 455 g/mol. The molecule has 7 heteroatoms. The van der Waals surface area contributed by atoms with E-state index in [1.807, 2.05) is 61.5 Å². The first kappa shape index (κ1) is 21.7. The third-order valence-electron chi connectivity index (χ3n) is 6.44. The van der Waals surface area contributed by atoms with E-state index in [9.17, 15) is 14.4 Å². The quantitative estimate of drug-likeness (QED) is 0.579. The lowest BCUT2D eigenvalue weighted by Crippen LogP contribution is -2.62. The number of hydrogen-bond acceptors (Lipinski definition) is 4. The van der Waals surface area contributed by atoms with Crippen LogP contribution in [0.15, 0.2) is 78.9 Å². The molecule has 5 rings (SSSR count). The first-order valence-corrected chi connectivity index (χ1v) is 11.3. The van der Waals surface area contributed by atoms with Gasteiger partial charge in [-0.05, 0) is 49.7 Å². The summed E-state index contributed by atoms with van der Waals surface area (Å²) in [5, 5.41) is 2.90. The Morgan fingerprint density at radius 3 is 2.50 bits per heavy atom. The van der Waals surface area contributed by atoms with E-state index in [2.05, 4.69) is 5.32 Å². The maximum Gasteiger partial charge on any atom is 0.257 e. The zero-order valence-corrected chi connectivity index (χ0v) is 18.9. The van der Waals surface area contributed by atoms with Gasteiger partial charge in [0.1, 0.15) is 11.4 Å². The molecule has 0 saturated carbocycles. The molecule has 7 nitrogen and oxygen atoms in total. The number of benzene rings is 3. The van der Waals surface area contributed by atoms with Crippen molar-refractivity contribution in [1.82, 2.24) is 4.90 Å². The van der Waals surface area contributed by atoms with Crippen molar-refractivity contribution in [1.29, 1.82) is 0 Å². The Balaban J connectivity index is 1.32. The van der Waals surface area contributed by atoms with Crippen molar-refractivity contribution >= 4 is 29.1 Å². The number of carbonyl (C=O) groups is 3. The molecule has 3 aromatic carbocycles. The molecule has 172 valence electrons. The van der Waals surface area contributed by atoms with Crippen molar-refractivity contribution in [2.24, 2.45) is 0 Å². The average molecular weight is 456 g/mol. The normalized spacial score (nSPS) is 19.0. The number of hydrogen-bond donors (Lipinski definition) is 1. The second-order valence-electron chi connectivity index (χ2n) is 8.63. The number of para-hydroxylation sites is 4. The highest BCUT2D eigenvalue weighted by atomic mass is 16.5. The molecule has 34 heavy (non-hydrogen) atoms. The van der Waals surface area contributed by atoms with Crippen molar-refractivity contribution in [3.63, 3.8) is 0 Å². The zero-order valence-electron chi connectivity index (χ0n) is 18.9. The van der Waals surface area contributed by atoms with Crippen LogP contribution in [0, 0.1) is 0 Å². The third-order valence-corrected chi connectivity index (χ3v) is 6.44. The summed E-state index contributed by atoms with van der Waals surface area (Å²) in [6.45, 7) is 2.09. The number of anilines is 2. The number of ether oxygens (including phenoxy) is 1. The molecule has 1 saturated heterocycles. The van der Waals surface area contributed by atoms with Crippen LogP contribution in [0.25, 0.3) is 0 Å². The van der Waals surface area contributed by atoms with Gasteiger partial charge in [-0.25, -0.2) is 0 Å². The Morgan fingerprint density at radius 2 is 1.68 bits per heavy atom. The molecule has 0 radical (unpaired) electrons. The highest BCUT2D eigenvalue weighted by Gasteiger charge is 2.52. The van der Waals surface area contributed by atoms with E-state index in [1.54, 1.807) is 34.1 Å². The molecular formula is C27H25N3O4. The predicted molar refractivity (Wildman–Crippen MR) is 129 cm³/mol. The summed E-state index contributed by atoms with van der Waals surface area (Å²) in [5.74, 6) is 0.786. The minimum Gasteiger partial charge on any atom is -0.455 e. The fourth-order valence-corrected chi connectivity index (χ4v) is 4.74. The second-order valence-corrected chi connectivity index (χ2v) is 8.63. The summed E-state index contributed by atoms with van der Waals surface area (Å²) in [6, 6.07) is 23.7. The second kappa shape index (κ2) is 8.67. The van der Waals surface area contributed by atoms with E-state index in [1.165, 1.54) is 0 Å². The van der Waals surface area contributed by atoms with Crippen molar-refractivity contribution in [3.05, 3.63) is 84.4 Å². The molecule has 1 N–H and O–H groups in total. The number of nitrogens with one attached hydrogen (secondary N) is 1. The number of fused-ring (bicyclic) bond motifs is 3. The van der Waals surface area contributed by atoms with Gasteiger partial charge in [-0.2, -0.15) is 0 Å². The molecule has 0 unspecified atom stereocenters. The lowest BCUT2D eigenvalue weighted by atomic mass is 9.98. The molecule has 2 heterocycles. The van der Waals surface area contributed by atoms with Crippen LogP contribution >= 0.6 is 0 Å². The largest absolute Gasteiger partial charge is 0.455 e. The van der Waals surface area contributed by atoms with Gasteiger partial charge in [0.05, 0.1) is 16.9 Å². The summed E-state index contributed by atoms with van der Waals surface area (Å²) >= 11 is 0. The molecule has 2 aliphatic heterocycles. The SMILES string of the molecule is C[C@]12CCC(=O)N1c1ccccc1C(=O)N2CCC(=O)Nc1ccccc1Oc1ccccc1. The molecule has 0 bridgehead atoms. The molecule has 1 atom stereocenters. The third kappa shape index (κ3) is 3.79. The van der Waals surface area contributed by atoms with Crippen LogP contribution < -0.4 is 15.0 Å². The van der Waals surface area contributed by atoms with Crippen molar-refractivity contribution in [3.8, 4) is 11.5 Å². The van der Waals surface area contributed by atoms with Crippen LogP contribution in [0.3, 0.4) is 0 Å². The Hall–Kier alpha value is -4.13. The van der Waals surface area contributed by atoms with Crippen LogP contribution in [-0.2, 0) is 9.59 Å². The lowest BCUT2D eigenvalue weighted by molar-refractivity contribution is -0.117. The van der Waals surface area contributed by atoms with E-state index in [0.29, 0.717) is 41.3 Å². The van der Waals surface area contributed by atoms with Gasteiger partial charge in [0, 0.05) is 19.4 Å². The van der Waals surface area contributed by atoms with E-state index in [0.717, 1.165) is 0 Å². The molecular weight excluding hydrogens is 430 g/mol. The lowest BCUT2D eigenvalue weighted by Gasteiger charge is -2.48. The van der Waals surface area contributed by atoms with Crippen LogP contribution in [-0.4, -0.2) is 34.8 Å². The fourth-order valence-electron chi connectivity index (χ4n) is 4.74. The summed E-state index contributed by atoms with van der Waals surface area (Å²) in [4.78, 5) is 42.3. The van der Waals surface area contributed by atoms with E-state index < -0.39 is 5.66 Å². The predicted octanol–water partition coefficient (Wildman–Crippen LogP) is 4.81. The number of amides is 3. The summed E-state index contributed by atoms with van der Waals surface area (Å²) < 4.78 is 5.92. The number of carbonyl (C=O) groups excluding carboxylic acids is 3. The van der Waals surface area contributed by atoms with Crippen molar-refractivity contribution in [2.45, 2.75) is 31.8 Å². The standard InChI is InChI=1S/C27H25N3O4/c1-27-17-15-25(32)30(27)22-13-7-5-11-20(22)26(33)29(27)18-16-24(31)28-21-12-6-8-14-23(21)34-19-9-3-2-4-10-19/h2-14H,15-18H2,1H3,(H,28,31)/t27-/m1/s1. The first-order valence-electron chi connectivity index (χ1n) is 11.3. The van der Waals surface area contributed by atoms with Gasteiger partial charge in [-0.1, -0.05) is 42.5 Å². The Kier molecular flexibility index (Phi) is 5.53. The molecule has 0 aromatic heterocycles. The highest BCUT2D eigenvalue weighted by molar-refractivity contribution is 6.10. The summed E-state index contributed by atoms with van der Waals surface area (Å²) in [5.41, 5.74) is 0.898. The van der Waals surface area contributed by atoms with Gasteiger partial charge < -0.3 is 15.0 Å². The smallest absolute Gasteiger partial charge is 0.257 e. The summed E-state index contributed by atoms with van der Waals surface area (Å²) in [7, 11) is 0. The van der Waals surface area contributed by atoms with E-state index in [-0.39, 0.29) is 30.7 Å². The minimum atomic E-state index is -0.781. The Bertz CT molecular complexity index is 1260. The molecule has 3 aromatic rings. The first-order chi connectivity index (χ1) is 16.5. The van der Waals surface area contributed by atoms with Gasteiger partial charge >= 0.3 is 0 Å². The van der Waals surface area contributed by atoms with Gasteiger partial charge in [0.25, 0.3) is 5.91 Å². The molecule has 0 aliphatic carbocycles. The highest BCUT2D eigenvalue weighted by Crippen LogP contribution is 2.44. The van der Waals surface area contributed by atoms with Crippen LogP contribution in [0.4, 0.5) is 11.4 Å². The van der Waals surface area contributed by atoms with E-state index in [4.69, 9.17) is 4.74 Å².